The number of aromatic nitrogens is 1. The zero-order valence-corrected chi connectivity index (χ0v) is 16.0. The summed E-state index contributed by atoms with van der Waals surface area (Å²) < 4.78 is 1.11. The second-order valence-electron chi connectivity index (χ2n) is 6.66. The Labute approximate surface area is 152 Å². The molecule has 0 saturated carbocycles. The molecule has 0 radical (unpaired) electrons. The monoisotopic (exact) mass is 384 g/mol. The smallest absolute Gasteiger partial charge is 0.0497 e. The molecule has 0 atom stereocenters. The molecule has 0 bridgehead atoms. The molecule has 24 heavy (non-hydrogen) atoms. The number of nitrogens with two attached hydrogens (primary N) is 1. The molecule has 0 spiro atoms. The Hall–Kier alpha value is -1.58. The minimum Gasteiger partial charge on any atom is -0.354 e. The average Bonchev–Trinajstić information content (AvgIpc) is 2.94. The van der Waals surface area contributed by atoms with Crippen molar-refractivity contribution in [2.75, 3.05) is 6.54 Å². The quantitative estimate of drug-likeness (QED) is 0.502. The van der Waals surface area contributed by atoms with E-state index in [1.165, 1.54) is 33.3 Å². The third-order valence-electron chi connectivity index (χ3n) is 4.59. The molecule has 0 unspecified atom stereocenters. The van der Waals surface area contributed by atoms with E-state index >= 15 is 0 Å². The van der Waals surface area contributed by atoms with Crippen LogP contribution >= 0.6 is 15.9 Å². The second kappa shape index (κ2) is 7.54. The Bertz CT molecular complexity index is 833. The van der Waals surface area contributed by atoms with Crippen molar-refractivity contribution in [3.8, 4) is 11.3 Å². The van der Waals surface area contributed by atoms with E-state index in [1.54, 1.807) is 0 Å². The maximum Gasteiger partial charge on any atom is 0.0497 e. The van der Waals surface area contributed by atoms with Crippen molar-refractivity contribution in [3.05, 3.63) is 58.1 Å². The SMILES string of the molecule is CC(C)c1cccc2c(CCCCN)c(-c3cccc(Br)c3)[nH]c12. The first-order valence-electron chi connectivity index (χ1n) is 8.71. The van der Waals surface area contributed by atoms with Crippen LogP contribution < -0.4 is 5.73 Å². The van der Waals surface area contributed by atoms with Crippen LogP contribution in [0.2, 0.25) is 0 Å². The summed E-state index contributed by atoms with van der Waals surface area (Å²) in [5.74, 6) is 0.500. The van der Waals surface area contributed by atoms with Crippen LogP contribution in [-0.4, -0.2) is 11.5 Å². The number of aryl methyl sites for hydroxylation is 1. The number of nitrogens with one attached hydrogen (secondary N) is 1. The fourth-order valence-electron chi connectivity index (χ4n) is 3.37. The van der Waals surface area contributed by atoms with Crippen molar-refractivity contribution in [2.24, 2.45) is 5.73 Å². The van der Waals surface area contributed by atoms with Gasteiger partial charge in [0.25, 0.3) is 0 Å². The van der Waals surface area contributed by atoms with Crippen molar-refractivity contribution < 1.29 is 0 Å². The van der Waals surface area contributed by atoms with Crippen LogP contribution in [0.15, 0.2) is 46.9 Å². The molecule has 0 aliphatic heterocycles. The highest BCUT2D eigenvalue weighted by molar-refractivity contribution is 9.10. The number of fused-ring (bicyclic) bond motifs is 1. The van der Waals surface area contributed by atoms with Crippen molar-refractivity contribution in [1.82, 2.24) is 4.98 Å². The van der Waals surface area contributed by atoms with Crippen LogP contribution in [0.1, 0.15) is 43.7 Å². The molecule has 0 aliphatic rings. The fourth-order valence-corrected chi connectivity index (χ4v) is 3.77. The molecule has 0 aliphatic carbocycles. The van der Waals surface area contributed by atoms with Gasteiger partial charge in [0.15, 0.2) is 0 Å². The summed E-state index contributed by atoms with van der Waals surface area (Å²) in [6.07, 6.45) is 3.24. The molecule has 1 heterocycles. The van der Waals surface area contributed by atoms with E-state index in [1.807, 2.05) is 0 Å². The Kier molecular flexibility index (Phi) is 5.42. The van der Waals surface area contributed by atoms with Gasteiger partial charge in [0.1, 0.15) is 0 Å². The highest BCUT2D eigenvalue weighted by Gasteiger charge is 2.16. The van der Waals surface area contributed by atoms with Crippen molar-refractivity contribution >= 4 is 26.8 Å². The number of hydrogen-bond acceptors (Lipinski definition) is 1. The van der Waals surface area contributed by atoms with Gasteiger partial charge >= 0.3 is 0 Å². The summed E-state index contributed by atoms with van der Waals surface area (Å²) in [6, 6.07) is 15.2. The Balaban J connectivity index is 2.18. The third-order valence-corrected chi connectivity index (χ3v) is 5.08. The fraction of sp³-hybridized carbons (Fsp3) is 0.333. The molecular weight excluding hydrogens is 360 g/mol. The van der Waals surface area contributed by atoms with Crippen LogP contribution in [-0.2, 0) is 6.42 Å². The Morgan fingerprint density at radius 3 is 2.58 bits per heavy atom. The first-order valence-corrected chi connectivity index (χ1v) is 9.50. The van der Waals surface area contributed by atoms with Gasteiger partial charge in [0, 0.05) is 21.1 Å². The second-order valence-corrected chi connectivity index (χ2v) is 7.57. The average molecular weight is 385 g/mol. The number of para-hydroxylation sites is 1. The number of H-pyrrole nitrogens is 1. The first kappa shape index (κ1) is 17.2. The lowest BCUT2D eigenvalue weighted by molar-refractivity contribution is 0.748. The van der Waals surface area contributed by atoms with Crippen LogP contribution in [0.25, 0.3) is 22.2 Å². The van der Waals surface area contributed by atoms with Crippen LogP contribution in [0.5, 0.6) is 0 Å². The number of hydrogen-bond donors (Lipinski definition) is 2. The predicted octanol–water partition coefficient (Wildman–Crippen LogP) is 6.00. The zero-order valence-electron chi connectivity index (χ0n) is 14.4. The topological polar surface area (TPSA) is 41.8 Å². The zero-order chi connectivity index (χ0) is 17.1. The largest absolute Gasteiger partial charge is 0.354 e. The Morgan fingerprint density at radius 2 is 1.88 bits per heavy atom. The molecule has 2 aromatic carbocycles. The highest BCUT2D eigenvalue weighted by Crippen LogP contribution is 2.35. The van der Waals surface area contributed by atoms with Gasteiger partial charge in [-0.3, -0.25) is 0 Å². The van der Waals surface area contributed by atoms with Crippen LogP contribution in [0.4, 0.5) is 0 Å². The van der Waals surface area contributed by atoms with Gasteiger partial charge in [-0.1, -0.05) is 60.1 Å². The van der Waals surface area contributed by atoms with E-state index in [0.717, 1.165) is 30.3 Å². The summed E-state index contributed by atoms with van der Waals surface area (Å²) in [4.78, 5) is 3.73. The first-order chi connectivity index (χ1) is 11.6. The molecule has 0 fully saturated rings. The van der Waals surface area contributed by atoms with E-state index in [-0.39, 0.29) is 0 Å². The van der Waals surface area contributed by atoms with Crippen LogP contribution in [0, 0.1) is 0 Å². The summed E-state index contributed by atoms with van der Waals surface area (Å²) >= 11 is 3.60. The van der Waals surface area contributed by atoms with Gasteiger partial charge < -0.3 is 10.7 Å². The van der Waals surface area contributed by atoms with Crippen molar-refractivity contribution in [3.63, 3.8) is 0 Å². The van der Waals surface area contributed by atoms with Crippen LogP contribution in [0.3, 0.4) is 0 Å². The minimum absolute atomic E-state index is 0.500. The van der Waals surface area contributed by atoms with E-state index in [4.69, 9.17) is 5.73 Å². The van der Waals surface area contributed by atoms with E-state index in [2.05, 4.69) is 77.2 Å². The maximum absolute atomic E-state index is 5.70. The Morgan fingerprint density at radius 1 is 1.08 bits per heavy atom. The molecule has 0 amide bonds. The minimum atomic E-state index is 0.500. The van der Waals surface area contributed by atoms with Gasteiger partial charge in [-0.15, -0.1) is 0 Å². The lowest BCUT2D eigenvalue weighted by Gasteiger charge is -2.07. The number of unbranched alkanes of at least 4 members (excludes halogenated alkanes) is 1. The molecule has 3 heteroatoms. The molecule has 3 N–H and O–H groups in total. The number of rotatable bonds is 6. The standard InChI is InChI=1S/C21H25BrN2/c1-14(2)17-10-6-11-19-18(9-3-4-12-23)20(24-21(17)19)15-7-5-8-16(22)13-15/h5-8,10-11,13-14,24H,3-4,9,12,23H2,1-2H3. The van der Waals surface area contributed by atoms with Crippen molar-refractivity contribution in [2.45, 2.75) is 39.0 Å². The van der Waals surface area contributed by atoms with E-state index in [0.29, 0.717) is 5.92 Å². The number of aromatic amines is 1. The third kappa shape index (κ3) is 3.42. The number of benzene rings is 2. The van der Waals surface area contributed by atoms with Gasteiger partial charge in [0.2, 0.25) is 0 Å². The molecule has 3 rings (SSSR count). The molecule has 3 aromatic rings. The highest BCUT2D eigenvalue weighted by atomic mass is 79.9. The van der Waals surface area contributed by atoms with Gasteiger partial charge in [-0.25, -0.2) is 0 Å². The normalized spacial score (nSPS) is 11.5. The molecule has 0 saturated heterocycles. The maximum atomic E-state index is 5.70. The summed E-state index contributed by atoms with van der Waals surface area (Å²) in [5.41, 5.74) is 12.3. The summed E-state index contributed by atoms with van der Waals surface area (Å²) in [7, 11) is 0. The summed E-state index contributed by atoms with van der Waals surface area (Å²) in [6.45, 7) is 5.26. The van der Waals surface area contributed by atoms with Gasteiger partial charge in [0.05, 0.1) is 0 Å². The lowest BCUT2D eigenvalue weighted by atomic mass is 9.97. The molecular formula is C21H25BrN2. The van der Waals surface area contributed by atoms with E-state index in [9.17, 15) is 0 Å². The molecule has 2 nitrogen and oxygen atoms in total. The molecule has 1 aromatic heterocycles. The predicted molar refractivity (Wildman–Crippen MR) is 108 cm³/mol. The molecule has 126 valence electrons. The van der Waals surface area contributed by atoms with E-state index < -0.39 is 0 Å². The number of halogens is 1. The van der Waals surface area contributed by atoms with Crippen molar-refractivity contribution in [1.29, 1.82) is 0 Å². The summed E-state index contributed by atoms with van der Waals surface area (Å²) in [5, 5.41) is 1.35. The lowest BCUT2D eigenvalue weighted by Crippen LogP contribution is -1.99. The van der Waals surface area contributed by atoms with Gasteiger partial charge in [-0.2, -0.15) is 0 Å². The van der Waals surface area contributed by atoms with Gasteiger partial charge in [-0.05, 0) is 60.5 Å².